The van der Waals surface area contributed by atoms with Gasteiger partial charge >= 0.3 is 0 Å². The second-order valence-electron chi connectivity index (χ2n) is 7.21. The van der Waals surface area contributed by atoms with Crippen molar-refractivity contribution in [2.24, 2.45) is 0 Å². The lowest BCUT2D eigenvalue weighted by molar-refractivity contribution is -0.114. The number of nitrogens with zero attached hydrogens (tertiary/aromatic N) is 1. The summed E-state index contributed by atoms with van der Waals surface area (Å²) in [5, 5.41) is 3.30. The number of para-hydroxylation sites is 1. The molecule has 3 rings (SSSR count). The Kier molecular flexibility index (Phi) is 7.87. The van der Waals surface area contributed by atoms with Crippen LogP contribution in [0.2, 0.25) is 5.02 Å². The third kappa shape index (κ3) is 5.65. The molecular formula is C24H25ClN2O3S2. The van der Waals surface area contributed by atoms with Crippen LogP contribution in [0.3, 0.4) is 0 Å². The average Bonchev–Trinajstić information content (AvgIpc) is 2.76. The topological polar surface area (TPSA) is 66.5 Å². The summed E-state index contributed by atoms with van der Waals surface area (Å²) in [7, 11) is -4.00. The van der Waals surface area contributed by atoms with Crippen molar-refractivity contribution in [3.63, 3.8) is 0 Å². The van der Waals surface area contributed by atoms with Crippen molar-refractivity contribution in [3.8, 4) is 0 Å². The number of rotatable bonds is 8. The van der Waals surface area contributed by atoms with Crippen LogP contribution in [0, 0.1) is 13.8 Å². The second kappa shape index (κ2) is 10.4. The molecule has 8 heteroatoms. The van der Waals surface area contributed by atoms with E-state index in [1.54, 1.807) is 23.9 Å². The molecule has 0 fully saturated rings. The average molecular weight is 489 g/mol. The smallest absolute Gasteiger partial charge is 0.264 e. The number of nitrogens with one attached hydrogen (secondary N) is 1. The highest BCUT2D eigenvalue weighted by molar-refractivity contribution is 7.99. The molecule has 0 aliphatic carbocycles. The molecule has 0 unspecified atom stereocenters. The summed E-state index contributed by atoms with van der Waals surface area (Å²) in [4.78, 5) is 14.0. The van der Waals surface area contributed by atoms with Crippen LogP contribution in [0.5, 0.6) is 0 Å². The van der Waals surface area contributed by atoms with Gasteiger partial charge in [-0.1, -0.05) is 36.7 Å². The predicted octanol–water partition coefficient (Wildman–Crippen LogP) is 5.90. The van der Waals surface area contributed by atoms with Crippen molar-refractivity contribution in [1.29, 1.82) is 0 Å². The van der Waals surface area contributed by atoms with Crippen molar-refractivity contribution in [2.75, 3.05) is 21.9 Å². The normalized spacial score (nSPS) is 11.2. The standard InChI is InChI=1S/C24H25ClN2O3S2/c1-4-31-23-8-6-5-7-22(23)26-24(28)16-27(20-12-9-17(2)18(3)15-20)32(29,30)21-13-10-19(25)11-14-21/h5-15H,4,16H2,1-3H3,(H,26,28). The Morgan fingerprint density at radius 1 is 1.00 bits per heavy atom. The van der Waals surface area contributed by atoms with Gasteiger partial charge in [-0.05, 0) is 79.3 Å². The number of anilines is 2. The number of amides is 1. The molecule has 0 bridgehead atoms. The number of aryl methyl sites for hydroxylation is 2. The van der Waals surface area contributed by atoms with E-state index in [9.17, 15) is 13.2 Å². The minimum absolute atomic E-state index is 0.0647. The van der Waals surface area contributed by atoms with Crippen LogP contribution in [0.1, 0.15) is 18.1 Å². The first-order chi connectivity index (χ1) is 15.2. The maximum atomic E-state index is 13.5. The van der Waals surface area contributed by atoms with Crippen LogP contribution >= 0.6 is 23.4 Å². The summed E-state index contributed by atoms with van der Waals surface area (Å²) >= 11 is 7.54. The molecule has 32 heavy (non-hydrogen) atoms. The molecule has 0 heterocycles. The summed E-state index contributed by atoms with van der Waals surface area (Å²) in [6.45, 7) is 5.53. The molecule has 5 nitrogen and oxygen atoms in total. The van der Waals surface area contributed by atoms with Crippen LogP contribution in [0.15, 0.2) is 76.5 Å². The number of hydrogen-bond acceptors (Lipinski definition) is 4. The van der Waals surface area contributed by atoms with E-state index in [-0.39, 0.29) is 11.4 Å². The zero-order valence-electron chi connectivity index (χ0n) is 18.1. The fraction of sp³-hybridized carbons (Fsp3) is 0.208. The number of thioether (sulfide) groups is 1. The molecule has 0 saturated heterocycles. The first-order valence-electron chi connectivity index (χ1n) is 10.1. The molecule has 0 aliphatic rings. The Morgan fingerprint density at radius 3 is 2.34 bits per heavy atom. The van der Waals surface area contributed by atoms with Gasteiger partial charge in [0.05, 0.1) is 16.3 Å². The Bertz CT molecular complexity index is 1210. The molecule has 0 aromatic heterocycles. The highest BCUT2D eigenvalue weighted by Gasteiger charge is 2.27. The van der Waals surface area contributed by atoms with Crippen molar-refractivity contribution in [2.45, 2.75) is 30.6 Å². The summed E-state index contributed by atoms with van der Waals surface area (Å²) in [6.07, 6.45) is 0. The van der Waals surface area contributed by atoms with Crippen LogP contribution in [0.4, 0.5) is 11.4 Å². The number of halogens is 1. The molecular weight excluding hydrogens is 464 g/mol. The Labute approximate surface area is 198 Å². The highest BCUT2D eigenvalue weighted by Crippen LogP contribution is 2.29. The molecule has 1 amide bonds. The van der Waals surface area contributed by atoms with Gasteiger partial charge in [0.15, 0.2) is 0 Å². The Hall–Kier alpha value is -2.48. The van der Waals surface area contributed by atoms with E-state index in [4.69, 9.17) is 11.6 Å². The fourth-order valence-corrected chi connectivity index (χ4v) is 5.40. The van der Waals surface area contributed by atoms with E-state index in [1.807, 2.05) is 51.1 Å². The molecule has 1 N–H and O–H groups in total. The van der Waals surface area contributed by atoms with Gasteiger partial charge in [-0.3, -0.25) is 9.10 Å². The summed E-state index contributed by atoms with van der Waals surface area (Å²) in [5.74, 6) is 0.428. The van der Waals surface area contributed by atoms with E-state index >= 15 is 0 Å². The quantitative estimate of drug-likeness (QED) is 0.401. The monoisotopic (exact) mass is 488 g/mol. The molecule has 0 atom stereocenters. The first kappa shape index (κ1) is 24.2. The van der Waals surface area contributed by atoms with Crippen LogP contribution < -0.4 is 9.62 Å². The SMILES string of the molecule is CCSc1ccccc1NC(=O)CN(c1ccc(C)c(C)c1)S(=O)(=O)c1ccc(Cl)cc1. The summed E-state index contributed by atoms with van der Waals surface area (Å²) in [6, 6.07) is 18.7. The minimum Gasteiger partial charge on any atom is -0.323 e. The summed E-state index contributed by atoms with van der Waals surface area (Å²) < 4.78 is 28.1. The third-order valence-electron chi connectivity index (χ3n) is 4.93. The predicted molar refractivity (Wildman–Crippen MR) is 133 cm³/mol. The molecule has 3 aromatic carbocycles. The van der Waals surface area contributed by atoms with Crippen LogP contribution in [-0.2, 0) is 14.8 Å². The number of carbonyl (C=O) groups excluding carboxylic acids is 1. The van der Waals surface area contributed by atoms with E-state index in [1.165, 1.54) is 24.3 Å². The van der Waals surface area contributed by atoms with Crippen molar-refractivity contribution < 1.29 is 13.2 Å². The van der Waals surface area contributed by atoms with Crippen LogP contribution in [0.25, 0.3) is 0 Å². The lowest BCUT2D eigenvalue weighted by Gasteiger charge is -2.25. The molecule has 168 valence electrons. The van der Waals surface area contributed by atoms with Gasteiger partial charge in [-0.15, -0.1) is 11.8 Å². The lowest BCUT2D eigenvalue weighted by Crippen LogP contribution is -2.38. The third-order valence-corrected chi connectivity index (χ3v) is 7.92. The van der Waals surface area contributed by atoms with Crippen molar-refractivity contribution in [3.05, 3.63) is 82.9 Å². The van der Waals surface area contributed by atoms with Crippen molar-refractivity contribution >= 4 is 50.7 Å². The first-order valence-corrected chi connectivity index (χ1v) is 12.9. The van der Waals surface area contributed by atoms with E-state index in [2.05, 4.69) is 5.32 Å². The lowest BCUT2D eigenvalue weighted by atomic mass is 10.1. The maximum absolute atomic E-state index is 13.5. The van der Waals surface area contributed by atoms with Gasteiger partial charge < -0.3 is 5.32 Å². The number of benzene rings is 3. The molecule has 0 saturated carbocycles. The zero-order chi connectivity index (χ0) is 23.3. The van der Waals surface area contributed by atoms with Gasteiger partial charge in [0.2, 0.25) is 5.91 Å². The minimum atomic E-state index is -4.00. The van der Waals surface area contributed by atoms with E-state index < -0.39 is 15.9 Å². The molecule has 3 aromatic rings. The van der Waals surface area contributed by atoms with E-state index in [0.29, 0.717) is 16.4 Å². The van der Waals surface area contributed by atoms with Gasteiger partial charge in [0, 0.05) is 9.92 Å². The number of hydrogen-bond donors (Lipinski definition) is 1. The molecule has 0 radical (unpaired) electrons. The van der Waals surface area contributed by atoms with Crippen LogP contribution in [-0.4, -0.2) is 26.6 Å². The number of carbonyl (C=O) groups is 1. The van der Waals surface area contributed by atoms with Gasteiger partial charge in [-0.2, -0.15) is 0 Å². The fourth-order valence-electron chi connectivity index (χ4n) is 3.10. The van der Waals surface area contributed by atoms with Crippen molar-refractivity contribution in [1.82, 2.24) is 0 Å². The zero-order valence-corrected chi connectivity index (χ0v) is 20.5. The largest absolute Gasteiger partial charge is 0.323 e. The molecule has 0 aliphatic heterocycles. The second-order valence-corrected chi connectivity index (χ2v) is 10.8. The highest BCUT2D eigenvalue weighted by atomic mass is 35.5. The van der Waals surface area contributed by atoms with Gasteiger partial charge in [0.1, 0.15) is 6.54 Å². The Balaban J connectivity index is 1.97. The number of sulfonamides is 1. The van der Waals surface area contributed by atoms with Gasteiger partial charge in [0.25, 0.3) is 10.0 Å². The van der Waals surface area contributed by atoms with Gasteiger partial charge in [-0.25, -0.2) is 8.42 Å². The molecule has 0 spiro atoms. The van der Waals surface area contributed by atoms with E-state index in [0.717, 1.165) is 26.1 Å². The summed E-state index contributed by atoms with van der Waals surface area (Å²) in [5.41, 5.74) is 3.05. The maximum Gasteiger partial charge on any atom is 0.264 e. The Morgan fingerprint density at radius 2 is 1.69 bits per heavy atom.